The van der Waals surface area contributed by atoms with E-state index in [-0.39, 0.29) is 0 Å². The van der Waals surface area contributed by atoms with Gasteiger partial charge < -0.3 is 5.32 Å². The van der Waals surface area contributed by atoms with E-state index in [0.29, 0.717) is 6.04 Å². The van der Waals surface area contributed by atoms with Gasteiger partial charge in [-0.05, 0) is 49.4 Å². The van der Waals surface area contributed by atoms with Gasteiger partial charge in [0.2, 0.25) is 0 Å². The molecule has 2 unspecified atom stereocenters. The van der Waals surface area contributed by atoms with E-state index in [2.05, 4.69) is 66.3 Å². The van der Waals surface area contributed by atoms with Gasteiger partial charge in [0.25, 0.3) is 0 Å². The monoisotopic (exact) mass is 339 g/mol. The molecule has 0 saturated heterocycles. The smallest absolute Gasteiger partial charge is 0.0178 e. The van der Waals surface area contributed by atoms with Gasteiger partial charge >= 0.3 is 0 Å². The van der Waals surface area contributed by atoms with Crippen molar-refractivity contribution < 1.29 is 0 Å². The van der Waals surface area contributed by atoms with E-state index in [9.17, 15) is 0 Å². The van der Waals surface area contributed by atoms with Crippen LogP contribution >= 0.6 is 15.9 Å². The molecule has 0 aliphatic rings. The molecule has 0 aliphatic carbocycles. The Bertz CT molecular complexity index is 364. The highest BCUT2D eigenvalue weighted by Crippen LogP contribution is 2.21. The summed E-state index contributed by atoms with van der Waals surface area (Å²) in [5, 5.41) is 3.78. The Hall–Kier alpha value is -0.340. The van der Waals surface area contributed by atoms with Crippen molar-refractivity contribution in [3.05, 3.63) is 34.3 Å². The van der Waals surface area contributed by atoms with Crippen LogP contribution in [0.25, 0.3) is 0 Å². The number of hydrogen-bond donors (Lipinski definition) is 1. The maximum atomic E-state index is 3.78. The van der Waals surface area contributed by atoms with Crippen molar-refractivity contribution in [3.63, 3.8) is 0 Å². The van der Waals surface area contributed by atoms with Gasteiger partial charge in [0.05, 0.1) is 0 Å². The average molecular weight is 340 g/mol. The molecule has 0 amide bonds. The van der Waals surface area contributed by atoms with Crippen LogP contribution in [0.2, 0.25) is 0 Å². The minimum Gasteiger partial charge on any atom is -0.313 e. The Labute approximate surface area is 133 Å². The van der Waals surface area contributed by atoms with Gasteiger partial charge in [0.15, 0.2) is 0 Å². The fourth-order valence-corrected chi connectivity index (χ4v) is 3.26. The van der Waals surface area contributed by atoms with E-state index >= 15 is 0 Å². The first-order valence-corrected chi connectivity index (χ1v) is 8.98. The predicted molar refractivity (Wildman–Crippen MR) is 93.2 cm³/mol. The molecule has 2 atom stereocenters. The van der Waals surface area contributed by atoms with Crippen molar-refractivity contribution in [3.8, 4) is 0 Å². The van der Waals surface area contributed by atoms with Crippen molar-refractivity contribution in [1.82, 2.24) is 5.32 Å². The first-order chi connectivity index (χ1) is 9.71. The molecule has 0 fully saturated rings. The standard InChI is InChI=1S/C18H30BrN/c1-4-7-10-16(6-3)18(20-12-5-2)14-15-9-8-11-17(19)13-15/h8-9,11,13,16,18,20H,4-7,10,12,14H2,1-3H3. The molecule has 0 spiro atoms. The summed E-state index contributed by atoms with van der Waals surface area (Å²) in [6.45, 7) is 7.99. The topological polar surface area (TPSA) is 12.0 Å². The fourth-order valence-electron chi connectivity index (χ4n) is 2.81. The van der Waals surface area contributed by atoms with E-state index in [1.165, 1.54) is 42.1 Å². The molecule has 20 heavy (non-hydrogen) atoms. The summed E-state index contributed by atoms with van der Waals surface area (Å²) in [5.74, 6) is 0.792. The second kappa shape index (κ2) is 10.4. The Morgan fingerprint density at radius 3 is 2.55 bits per heavy atom. The third-order valence-corrected chi connectivity index (χ3v) is 4.52. The highest BCUT2D eigenvalue weighted by atomic mass is 79.9. The highest BCUT2D eigenvalue weighted by molar-refractivity contribution is 9.10. The summed E-state index contributed by atoms with van der Waals surface area (Å²) >= 11 is 3.58. The SMILES string of the molecule is CCCCC(CC)C(Cc1cccc(Br)c1)NCCC. The fraction of sp³-hybridized carbons (Fsp3) is 0.667. The van der Waals surface area contributed by atoms with Crippen LogP contribution < -0.4 is 5.32 Å². The van der Waals surface area contributed by atoms with Crippen molar-refractivity contribution in [2.75, 3.05) is 6.54 Å². The molecule has 1 nitrogen and oxygen atoms in total. The Morgan fingerprint density at radius 2 is 1.95 bits per heavy atom. The molecule has 0 aliphatic heterocycles. The van der Waals surface area contributed by atoms with Crippen LogP contribution in [-0.4, -0.2) is 12.6 Å². The molecule has 114 valence electrons. The zero-order valence-corrected chi connectivity index (χ0v) is 14.9. The molecule has 1 aromatic carbocycles. The molecule has 1 rings (SSSR count). The second-order valence-corrected chi connectivity index (χ2v) is 6.62. The highest BCUT2D eigenvalue weighted by Gasteiger charge is 2.19. The van der Waals surface area contributed by atoms with Crippen LogP contribution in [0.3, 0.4) is 0 Å². The van der Waals surface area contributed by atoms with Crippen molar-refractivity contribution in [2.45, 2.75) is 65.3 Å². The quantitative estimate of drug-likeness (QED) is 0.586. The number of benzene rings is 1. The first-order valence-electron chi connectivity index (χ1n) is 8.19. The van der Waals surface area contributed by atoms with Crippen LogP contribution in [0, 0.1) is 5.92 Å². The lowest BCUT2D eigenvalue weighted by Gasteiger charge is -2.28. The summed E-state index contributed by atoms with van der Waals surface area (Å²) < 4.78 is 1.19. The minimum absolute atomic E-state index is 0.612. The van der Waals surface area contributed by atoms with Gasteiger partial charge in [0, 0.05) is 10.5 Å². The summed E-state index contributed by atoms with van der Waals surface area (Å²) in [7, 11) is 0. The van der Waals surface area contributed by atoms with Gasteiger partial charge in [0.1, 0.15) is 0 Å². The van der Waals surface area contributed by atoms with Gasteiger partial charge in [-0.3, -0.25) is 0 Å². The van der Waals surface area contributed by atoms with E-state index in [1.807, 2.05) is 0 Å². The van der Waals surface area contributed by atoms with Crippen LogP contribution in [-0.2, 0) is 6.42 Å². The molecule has 0 saturated carbocycles. The average Bonchev–Trinajstić information content (AvgIpc) is 2.45. The lowest BCUT2D eigenvalue weighted by atomic mass is 9.87. The third-order valence-electron chi connectivity index (χ3n) is 4.02. The molecule has 0 aromatic heterocycles. The largest absolute Gasteiger partial charge is 0.313 e. The molecule has 2 heteroatoms. The molecule has 0 bridgehead atoms. The number of nitrogens with one attached hydrogen (secondary N) is 1. The van der Waals surface area contributed by atoms with Crippen LogP contribution in [0.1, 0.15) is 58.4 Å². The van der Waals surface area contributed by atoms with Crippen LogP contribution in [0.4, 0.5) is 0 Å². The second-order valence-electron chi connectivity index (χ2n) is 5.71. The van der Waals surface area contributed by atoms with Crippen molar-refractivity contribution in [1.29, 1.82) is 0 Å². The Kier molecular flexibility index (Phi) is 9.21. The molecular weight excluding hydrogens is 310 g/mol. The lowest BCUT2D eigenvalue weighted by molar-refractivity contribution is 0.315. The normalized spacial score (nSPS) is 14.2. The first kappa shape index (κ1) is 17.7. The van der Waals surface area contributed by atoms with Gasteiger partial charge in [-0.15, -0.1) is 0 Å². The molecule has 1 aromatic rings. The summed E-state index contributed by atoms with van der Waals surface area (Å²) in [5.41, 5.74) is 1.43. The van der Waals surface area contributed by atoms with E-state index in [4.69, 9.17) is 0 Å². The number of halogens is 1. The number of rotatable bonds is 10. The zero-order valence-electron chi connectivity index (χ0n) is 13.3. The number of hydrogen-bond acceptors (Lipinski definition) is 1. The lowest BCUT2D eigenvalue weighted by Crippen LogP contribution is -2.38. The minimum atomic E-state index is 0.612. The molecule has 0 heterocycles. The number of unbranched alkanes of at least 4 members (excludes halogenated alkanes) is 1. The van der Waals surface area contributed by atoms with E-state index in [1.54, 1.807) is 0 Å². The maximum absolute atomic E-state index is 3.78. The molecular formula is C18H30BrN. The summed E-state index contributed by atoms with van der Waals surface area (Å²) in [4.78, 5) is 0. The predicted octanol–water partition coefficient (Wildman–Crippen LogP) is 5.58. The Balaban J connectivity index is 2.70. The van der Waals surface area contributed by atoms with Gasteiger partial charge in [-0.25, -0.2) is 0 Å². The van der Waals surface area contributed by atoms with Gasteiger partial charge in [-0.2, -0.15) is 0 Å². The van der Waals surface area contributed by atoms with E-state index < -0.39 is 0 Å². The van der Waals surface area contributed by atoms with Gasteiger partial charge in [-0.1, -0.05) is 68.1 Å². The van der Waals surface area contributed by atoms with Crippen LogP contribution in [0.15, 0.2) is 28.7 Å². The molecule has 0 radical (unpaired) electrons. The zero-order chi connectivity index (χ0) is 14.8. The third kappa shape index (κ3) is 6.41. The van der Waals surface area contributed by atoms with Crippen molar-refractivity contribution in [2.24, 2.45) is 5.92 Å². The molecule has 1 N–H and O–H groups in total. The Morgan fingerprint density at radius 1 is 1.15 bits per heavy atom. The maximum Gasteiger partial charge on any atom is 0.0178 e. The van der Waals surface area contributed by atoms with Crippen LogP contribution in [0.5, 0.6) is 0 Å². The van der Waals surface area contributed by atoms with E-state index in [0.717, 1.165) is 18.9 Å². The van der Waals surface area contributed by atoms with Crippen molar-refractivity contribution >= 4 is 15.9 Å². The summed E-state index contributed by atoms with van der Waals surface area (Å²) in [6.07, 6.45) is 7.62. The summed E-state index contributed by atoms with van der Waals surface area (Å²) in [6, 6.07) is 9.36.